The molecule has 0 unspecified atom stereocenters. The molecule has 8 nitrogen and oxygen atoms in total. The van der Waals surface area contributed by atoms with Crippen molar-refractivity contribution in [3.05, 3.63) is 54.4 Å². The molecule has 3 amide bonds. The molecule has 1 aromatic carbocycles. The van der Waals surface area contributed by atoms with Crippen molar-refractivity contribution in [1.82, 2.24) is 14.8 Å². The second kappa shape index (κ2) is 10.4. The molecule has 1 atom stereocenters. The van der Waals surface area contributed by atoms with Crippen molar-refractivity contribution in [2.45, 2.75) is 37.7 Å². The Hall–Kier alpha value is -3.13. The Morgan fingerprint density at radius 1 is 1.03 bits per heavy atom. The lowest BCUT2D eigenvalue weighted by Gasteiger charge is -2.39. The second-order valence-electron chi connectivity index (χ2n) is 9.47. The van der Waals surface area contributed by atoms with E-state index in [1.807, 2.05) is 41.4 Å². The number of benzene rings is 1. The van der Waals surface area contributed by atoms with Gasteiger partial charge < -0.3 is 24.6 Å². The number of aromatic nitrogens is 1. The number of anilines is 1. The highest BCUT2D eigenvalue weighted by Gasteiger charge is 2.32. The molecule has 5 rings (SSSR count). The molecule has 3 fully saturated rings. The van der Waals surface area contributed by atoms with Crippen LogP contribution in [-0.4, -0.2) is 72.2 Å². The molecule has 1 N–H and O–H groups in total. The van der Waals surface area contributed by atoms with Gasteiger partial charge in [0.15, 0.2) is 0 Å². The normalized spacial score (nSPS) is 21.2. The smallest absolute Gasteiger partial charge is 0.321 e. The Bertz CT molecular complexity index is 972. The number of hydrogen-bond acceptors (Lipinski definition) is 5. The number of ether oxygens (including phenoxy) is 2. The van der Waals surface area contributed by atoms with Crippen molar-refractivity contribution in [2.24, 2.45) is 5.92 Å². The van der Waals surface area contributed by atoms with E-state index in [0.29, 0.717) is 37.9 Å². The summed E-state index contributed by atoms with van der Waals surface area (Å²) < 4.78 is 11.5. The summed E-state index contributed by atoms with van der Waals surface area (Å²) in [4.78, 5) is 33.0. The zero-order chi connectivity index (χ0) is 23.3. The molecule has 1 aromatic heterocycles. The lowest BCUT2D eigenvalue weighted by molar-refractivity contribution is -0.132. The molecule has 4 heterocycles. The summed E-state index contributed by atoms with van der Waals surface area (Å²) in [5, 5.41) is 2.95. The zero-order valence-corrected chi connectivity index (χ0v) is 19.4. The van der Waals surface area contributed by atoms with E-state index >= 15 is 0 Å². The van der Waals surface area contributed by atoms with Crippen LogP contribution < -0.4 is 10.1 Å². The van der Waals surface area contributed by atoms with Gasteiger partial charge in [-0.1, -0.05) is 6.07 Å². The summed E-state index contributed by atoms with van der Waals surface area (Å²) in [5.41, 5.74) is 1.91. The number of hydrogen-bond donors (Lipinski definition) is 1. The SMILES string of the molecule is O=C(CC1CCOCC1)N1CC[C@H](Oc2ccc(NC(=O)N3CC(c4cccnc4)C3)cc2)C1. The van der Waals surface area contributed by atoms with Crippen molar-refractivity contribution in [1.29, 1.82) is 0 Å². The zero-order valence-electron chi connectivity index (χ0n) is 19.4. The second-order valence-corrected chi connectivity index (χ2v) is 9.47. The van der Waals surface area contributed by atoms with E-state index in [-0.39, 0.29) is 18.0 Å². The highest BCUT2D eigenvalue weighted by atomic mass is 16.5. The van der Waals surface area contributed by atoms with E-state index in [0.717, 1.165) is 50.5 Å². The Kier molecular flexibility index (Phi) is 6.94. The van der Waals surface area contributed by atoms with Crippen LogP contribution in [-0.2, 0) is 9.53 Å². The van der Waals surface area contributed by atoms with Crippen LogP contribution in [0.1, 0.15) is 37.2 Å². The van der Waals surface area contributed by atoms with E-state index in [1.165, 1.54) is 5.56 Å². The molecule has 3 aliphatic heterocycles. The monoisotopic (exact) mass is 464 g/mol. The Morgan fingerprint density at radius 3 is 2.56 bits per heavy atom. The van der Waals surface area contributed by atoms with Gasteiger partial charge in [-0.05, 0) is 54.7 Å². The summed E-state index contributed by atoms with van der Waals surface area (Å²) in [6, 6.07) is 11.3. The molecule has 0 saturated carbocycles. The molecule has 0 spiro atoms. The number of likely N-dealkylation sites (tertiary alicyclic amines) is 2. The third kappa shape index (κ3) is 5.50. The summed E-state index contributed by atoms with van der Waals surface area (Å²) in [6.45, 7) is 4.31. The van der Waals surface area contributed by atoms with Gasteiger partial charge in [-0.15, -0.1) is 0 Å². The molecule has 0 radical (unpaired) electrons. The largest absolute Gasteiger partial charge is 0.489 e. The number of carbonyl (C=O) groups is 2. The lowest BCUT2D eigenvalue weighted by Crippen LogP contribution is -2.50. The lowest BCUT2D eigenvalue weighted by atomic mass is 9.93. The average Bonchev–Trinajstić information content (AvgIpc) is 3.29. The first kappa shape index (κ1) is 22.7. The fourth-order valence-corrected chi connectivity index (χ4v) is 4.86. The molecule has 34 heavy (non-hydrogen) atoms. The van der Waals surface area contributed by atoms with Crippen molar-refractivity contribution in [3.63, 3.8) is 0 Å². The van der Waals surface area contributed by atoms with Gasteiger partial charge in [-0.25, -0.2) is 4.79 Å². The number of urea groups is 1. The maximum Gasteiger partial charge on any atom is 0.321 e. The molecule has 180 valence electrons. The van der Waals surface area contributed by atoms with Crippen LogP contribution in [0.15, 0.2) is 48.8 Å². The van der Waals surface area contributed by atoms with E-state index in [2.05, 4.69) is 16.4 Å². The van der Waals surface area contributed by atoms with Gasteiger partial charge in [0.2, 0.25) is 5.91 Å². The van der Waals surface area contributed by atoms with Crippen LogP contribution in [0.4, 0.5) is 10.5 Å². The van der Waals surface area contributed by atoms with Gasteiger partial charge in [0.1, 0.15) is 11.9 Å². The van der Waals surface area contributed by atoms with E-state index in [1.54, 1.807) is 11.1 Å². The molecule has 3 saturated heterocycles. The van der Waals surface area contributed by atoms with Crippen molar-refractivity contribution in [2.75, 3.05) is 44.7 Å². The van der Waals surface area contributed by atoms with Crippen LogP contribution in [0.2, 0.25) is 0 Å². The molecule has 8 heteroatoms. The van der Waals surface area contributed by atoms with E-state index in [4.69, 9.17) is 9.47 Å². The van der Waals surface area contributed by atoms with Crippen LogP contribution in [0.3, 0.4) is 0 Å². The minimum absolute atomic E-state index is 0.00424. The number of rotatable bonds is 6. The molecule has 2 aromatic rings. The summed E-state index contributed by atoms with van der Waals surface area (Å²) in [6.07, 6.45) is 7.04. The predicted octanol–water partition coefficient (Wildman–Crippen LogP) is 3.51. The van der Waals surface area contributed by atoms with Gasteiger partial charge in [0.05, 0.1) is 6.54 Å². The number of amides is 3. The Morgan fingerprint density at radius 2 is 1.82 bits per heavy atom. The predicted molar refractivity (Wildman–Crippen MR) is 128 cm³/mol. The molecule has 0 aliphatic carbocycles. The van der Waals surface area contributed by atoms with Crippen molar-refractivity contribution in [3.8, 4) is 5.75 Å². The van der Waals surface area contributed by atoms with Gasteiger partial charge in [-0.3, -0.25) is 9.78 Å². The van der Waals surface area contributed by atoms with Gasteiger partial charge in [-0.2, -0.15) is 0 Å². The van der Waals surface area contributed by atoms with E-state index in [9.17, 15) is 9.59 Å². The van der Waals surface area contributed by atoms with Crippen LogP contribution in [0.25, 0.3) is 0 Å². The number of nitrogens with one attached hydrogen (secondary N) is 1. The van der Waals surface area contributed by atoms with Crippen LogP contribution in [0.5, 0.6) is 5.75 Å². The number of pyridine rings is 1. The summed E-state index contributed by atoms with van der Waals surface area (Å²) in [5.74, 6) is 1.78. The van der Waals surface area contributed by atoms with Crippen molar-refractivity contribution >= 4 is 17.6 Å². The first-order chi connectivity index (χ1) is 16.6. The van der Waals surface area contributed by atoms with E-state index < -0.39 is 0 Å². The summed E-state index contributed by atoms with van der Waals surface area (Å²) in [7, 11) is 0. The average molecular weight is 465 g/mol. The highest BCUT2D eigenvalue weighted by molar-refractivity contribution is 5.90. The van der Waals surface area contributed by atoms with Gasteiger partial charge in [0.25, 0.3) is 0 Å². The van der Waals surface area contributed by atoms with Gasteiger partial charge in [0, 0.05) is 69.7 Å². The fourth-order valence-electron chi connectivity index (χ4n) is 4.86. The maximum absolute atomic E-state index is 12.6. The summed E-state index contributed by atoms with van der Waals surface area (Å²) >= 11 is 0. The Balaban J connectivity index is 1.05. The van der Waals surface area contributed by atoms with Crippen LogP contribution >= 0.6 is 0 Å². The third-order valence-corrected chi connectivity index (χ3v) is 7.03. The number of carbonyl (C=O) groups excluding carboxylic acids is 2. The molecular weight excluding hydrogens is 432 g/mol. The Labute approximate surface area is 200 Å². The topological polar surface area (TPSA) is 84.0 Å². The van der Waals surface area contributed by atoms with Crippen molar-refractivity contribution < 1.29 is 19.1 Å². The fraction of sp³-hybridized carbons (Fsp3) is 0.500. The molecular formula is C26H32N4O4. The third-order valence-electron chi connectivity index (χ3n) is 7.03. The minimum Gasteiger partial charge on any atom is -0.489 e. The first-order valence-corrected chi connectivity index (χ1v) is 12.2. The van der Waals surface area contributed by atoms with Gasteiger partial charge >= 0.3 is 6.03 Å². The standard InChI is InChI=1S/C26H32N4O4/c31-25(14-19-8-12-33-13-9-19)29-11-7-24(18-29)34-23-5-3-22(4-6-23)28-26(32)30-16-21(17-30)20-2-1-10-27-15-20/h1-6,10,15,19,21,24H,7-9,11-14,16-18H2,(H,28,32)/t24-/m0/s1. The number of nitrogens with zero attached hydrogens (tertiary/aromatic N) is 3. The quantitative estimate of drug-likeness (QED) is 0.707. The minimum atomic E-state index is -0.0942. The molecule has 0 bridgehead atoms. The first-order valence-electron chi connectivity index (χ1n) is 12.2. The maximum atomic E-state index is 12.6. The highest BCUT2D eigenvalue weighted by Crippen LogP contribution is 2.28. The van der Waals surface area contributed by atoms with Crippen LogP contribution in [0, 0.1) is 5.92 Å². The molecule has 3 aliphatic rings.